The fraction of sp³-hybridized carbons (Fsp3) is 0.176. The van der Waals surface area contributed by atoms with E-state index in [0.29, 0.717) is 10.9 Å². The number of aromatic nitrogens is 1. The average Bonchev–Trinajstić information content (AvgIpc) is 3.26. The Bertz CT molecular complexity index is 873. The summed E-state index contributed by atoms with van der Waals surface area (Å²) in [5.41, 5.74) is 2.31. The summed E-state index contributed by atoms with van der Waals surface area (Å²) in [4.78, 5) is 15.0. The van der Waals surface area contributed by atoms with Crippen molar-refractivity contribution in [3.8, 4) is 16.7 Å². The van der Waals surface area contributed by atoms with Gasteiger partial charge in [-0.3, -0.25) is 0 Å². The van der Waals surface area contributed by atoms with Crippen LogP contribution in [0.3, 0.4) is 0 Å². The second kappa shape index (κ2) is 6.26. The van der Waals surface area contributed by atoms with Crippen LogP contribution in [0.15, 0.2) is 41.2 Å². The predicted molar refractivity (Wildman–Crippen MR) is 91.6 cm³/mol. The molecule has 5 nitrogen and oxygen atoms in total. The van der Waals surface area contributed by atoms with E-state index >= 15 is 0 Å². The number of ether oxygens (including phenoxy) is 2. The molecule has 122 valence electrons. The van der Waals surface area contributed by atoms with E-state index in [1.807, 2.05) is 18.2 Å². The van der Waals surface area contributed by atoms with Gasteiger partial charge in [-0.25, -0.2) is 9.78 Å². The topological polar surface area (TPSA) is 68.7 Å². The van der Waals surface area contributed by atoms with Crippen molar-refractivity contribution >= 4 is 28.6 Å². The number of aromatic carboxylic acids is 1. The van der Waals surface area contributed by atoms with E-state index in [4.69, 9.17) is 14.6 Å². The third-order valence-corrected chi connectivity index (χ3v) is 5.36. The highest BCUT2D eigenvalue weighted by atomic mass is 32.1. The minimum atomic E-state index is -0.999. The Morgan fingerprint density at radius 3 is 3.04 bits per heavy atom. The van der Waals surface area contributed by atoms with E-state index in [0.717, 1.165) is 35.5 Å². The van der Waals surface area contributed by atoms with E-state index in [1.54, 1.807) is 11.3 Å². The summed E-state index contributed by atoms with van der Waals surface area (Å²) >= 11 is 2.68. The Labute approximate surface area is 146 Å². The van der Waals surface area contributed by atoms with Crippen LogP contribution in [0.2, 0.25) is 0 Å². The number of carbonyl (C=O) groups is 1. The van der Waals surface area contributed by atoms with Gasteiger partial charge in [-0.15, -0.1) is 0 Å². The lowest BCUT2D eigenvalue weighted by atomic mass is 9.99. The first-order valence-electron chi connectivity index (χ1n) is 7.38. The lowest BCUT2D eigenvalue weighted by Gasteiger charge is -2.26. The maximum atomic E-state index is 10.9. The Kier molecular flexibility index (Phi) is 3.95. The fourth-order valence-corrected chi connectivity index (χ4v) is 3.95. The van der Waals surface area contributed by atoms with Crippen molar-refractivity contribution in [3.05, 3.63) is 57.2 Å². The summed E-state index contributed by atoms with van der Waals surface area (Å²) in [6, 6.07) is 7.74. The number of thiophene rings is 1. The van der Waals surface area contributed by atoms with Gasteiger partial charge in [0.15, 0.2) is 0 Å². The molecule has 7 heteroatoms. The molecule has 0 saturated carbocycles. The van der Waals surface area contributed by atoms with Gasteiger partial charge in [-0.05, 0) is 53.4 Å². The van der Waals surface area contributed by atoms with E-state index in [-0.39, 0.29) is 11.0 Å². The lowest BCUT2D eigenvalue weighted by Crippen LogP contribution is -2.14. The molecule has 1 atom stereocenters. The molecule has 3 heterocycles. The molecule has 24 heavy (non-hydrogen) atoms. The minimum absolute atomic E-state index is 0.104. The van der Waals surface area contributed by atoms with Crippen molar-refractivity contribution in [2.45, 2.75) is 18.9 Å². The van der Waals surface area contributed by atoms with E-state index in [9.17, 15) is 4.79 Å². The molecule has 3 aromatic rings. The summed E-state index contributed by atoms with van der Waals surface area (Å²) in [7, 11) is 0. The van der Waals surface area contributed by atoms with Gasteiger partial charge in [0.25, 0.3) is 5.19 Å². The van der Waals surface area contributed by atoms with Crippen molar-refractivity contribution in [2.24, 2.45) is 0 Å². The van der Waals surface area contributed by atoms with Gasteiger partial charge in [0.1, 0.15) is 22.5 Å². The highest BCUT2D eigenvalue weighted by Gasteiger charge is 2.22. The predicted octanol–water partition coefficient (Wildman–Crippen LogP) is 4.76. The average molecular weight is 359 g/mol. The van der Waals surface area contributed by atoms with E-state index in [2.05, 4.69) is 21.8 Å². The van der Waals surface area contributed by atoms with Gasteiger partial charge >= 0.3 is 5.97 Å². The molecule has 1 aliphatic rings. The Morgan fingerprint density at radius 1 is 1.38 bits per heavy atom. The van der Waals surface area contributed by atoms with Crippen LogP contribution in [0.5, 0.6) is 16.7 Å². The molecule has 1 N–H and O–H groups in total. The standard InChI is InChI=1S/C17H13NO4S2/c19-16(20)15-8-18-17(24-15)21-12-2-4-13-10(7-12)1-3-14(22-13)11-5-6-23-9-11/h2,4-9,14H,1,3H2,(H,19,20). The number of benzene rings is 1. The van der Waals surface area contributed by atoms with Crippen molar-refractivity contribution < 1.29 is 19.4 Å². The van der Waals surface area contributed by atoms with Crippen LogP contribution in [0, 0.1) is 0 Å². The molecule has 2 aromatic heterocycles. The van der Waals surface area contributed by atoms with Crippen LogP contribution >= 0.6 is 22.7 Å². The maximum Gasteiger partial charge on any atom is 0.347 e. The lowest BCUT2D eigenvalue weighted by molar-refractivity contribution is 0.0702. The highest BCUT2D eigenvalue weighted by Crippen LogP contribution is 2.38. The normalized spacial score (nSPS) is 16.2. The first kappa shape index (κ1) is 15.2. The first-order chi connectivity index (χ1) is 11.7. The molecule has 0 fully saturated rings. The largest absolute Gasteiger partial charge is 0.485 e. The van der Waals surface area contributed by atoms with E-state index < -0.39 is 5.97 Å². The quantitative estimate of drug-likeness (QED) is 0.727. The van der Waals surface area contributed by atoms with Gasteiger partial charge in [0, 0.05) is 5.56 Å². The molecule has 0 radical (unpaired) electrons. The van der Waals surface area contributed by atoms with Crippen molar-refractivity contribution in [3.63, 3.8) is 0 Å². The molecule has 0 saturated heterocycles. The number of hydrogen-bond acceptors (Lipinski definition) is 6. The van der Waals surface area contributed by atoms with Crippen LogP contribution < -0.4 is 9.47 Å². The monoisotopic (exact) mass is 359 g/mol. The molecule has 1 unspecified atom stereocenters. The molecule has 0 spiro atoms. The third-order valence-electron chi connectivity index (χ3n) is 3.79. The second-order valence-electron chi connectivity index (χ2n) is 5.37. The number of carboxylic acids is 1. The van der Waals surface area contributed by atoms with Crippen molar-refractivity contribution in [1.82, 2.24) is 4.98 Å². The van der Waals surface area contributed by atoms with Crippen LogP contribution in [0.1, 0.15) is 33.3 Å². The molecule has 0 amide bonds. The highest BCUT2D eigenvalue weighted by molar-refractivity contribution is 7.15. The molecule has 0 bridgehead atoms. The maximum absolute atomic E-state index is 10.9. The van der Waals surface area contributed by atoms with Crippen LogP contribution in [-0.2, 0) is 6.42 Å². The van der Waals surface area contributed by atoms with Gasteiger partial charge in [0.2, 0.25) is 0 Å². The molecule has 0 aliphatic carbocycles. The van der Waals surface area contributed by atoms with Gasteiger partial charge < -0.3 is 14.6 Å². The molecule has 1 aliphatic heterocycles. The summed E-state index contributed by atoms with van der Waals surface area (Å²) in [6.45, 7) is 0. The van der Waals surface area contributed by atoms with Crippen molar-refractivity contribution in [1.29, 1.82) is 0 Å². The van der Waals surface area contributed by atoms with Crippen LogP contribution in [0.25, 0.3) is 0 Å². The number of nitrogens with zero attached hydrogens (tertiary/aromatic N) is 1. The first-order valence-corrected chi connectivity index (χ1v) is 9.13. The fourth-order valence-electron chi connectivity index (χ4n) is 2.63. The summed E-state index contributed by atoms with van der Waals surface area (Å²) in [5, 5.41) is 13.4. The second-order valence-corrected chi connectivity index (χ2v) is 7.14. The molecular formula is C17H13NO4S2. The Hall–Kier alpha value is -2.38. The SMILES string of the molecule is O=C(O)c1cnc(Oc2ccc3c(c2)CCC(c2ccsc2)O3)s1. The van der Waals surface area contributed by atoms with Crippen molar-refractivity contribution in [2.75, 3.05) is 0 Å². The summed E-state index contributed by atoms with van der Waals surface area (Å²) in [6.07, 6.45) is 3.24. The van der Waals surface area contributed by atoms with Gasteiger partial charge in [-0.1, -0.05) is 11.3 Å². The third kappa shape index (κ3) is 3.00. The zero-order valence-electron chi connectivity index (χ0n) is 12.5. The molecular weight excluding hydrogens is 346 g/mol. The number of rotatable bonds is 4. The molecule has 4 rings (SSSR count). The van der Waals surface area contributed by atoms with Gasteiger partial charge in [-0.2, -0.15) is 11.3 Å². The van der Waals surface area contributed by atoms with Crippen LogP contribution in [0.4, 0.5) is 0 Å². The Balaban J connectivity index is 1.51. The number of hydrogen-bond donors (Lipinski definition) is 1. The number of fused-ring (bicyclic) bond motifs is 1. The zero-order valence-corrected chi connectivity index (χ0v) is 14.1. The minimum Gasteiger partial charge on any atom is -0.485 e. The Morgan fingerprint density at radius 2 is 2.29 bits per heavy atom. The number of carboxylic acid groups (broad SMARTS) is 1. The molecule has 1 aromatic carbocycles. The zero-order chi connectivity index (χ0) is 16.5. The summed E-state index contributed by atoms with van der Waals surface area (Å²) < 4.78 is 11.7. The number of thiazole rings is 1. The van der Waals surface area contributed by atoms with Crippen LogP contribution in [-0.4, -0.2) is 16.1 Å². The summed E-state index contributed by atoms with van der Waals surface area (Å²) in [5.74, 6) is 0.508. The van der Waals surface area contributed by atoms with Gasteiger partial charge in [0.05, 0.1) is 6.20 Å². The smallest absolute Gasteiger partial charge is 0.347 e. The van der Waals surface area contributed by atoms with E-state index in [1.165, 1.54) is 11.8 Å². The number of aryl methyl sites for hydroxylation is 1.